The Morgan fingerprint density at radius 2 is 1.95 bits per heavy atom. The van der Waals surface area contributed by atoms with Crippen LogP contribution in [-0.2, 0) is 11.2 Å². The molecule has 1 rings (SSSR count). The Labute approximate surface area is 118 Å². The van der Waals surface area contributed by atoms with Gasteiger partial charge in [-0.05, 0) is 30.5 Å². The van der Waals surface area contributed by atoms with Crippen molar-refractivity contribution >= 4 is 17.6 Å². The van der Waals surface area contributed by atoms with Gasteiger partial charge in [0.05, 0.1) is 0 Å². The highest BCUT2D eigenvalue weighted by molar-refractivity contribution is 5.96. The summed E-state index contributed by atoms with van der Waals surface area (Å²) in [4.78, 5) is 22.9. The van der Waals surface area contributed by atoms with Gasteiger partial charge in [-0.15, -0.1) is 0 Å². The Morgan fingerprint density at radius 3 is 2.45 bits per heavy atom. The number of hydrogen-bond donors (Lipinski definition) is 4. The fourth-order valence-electron chi connectivity index (χ4n) is 1.84. The molecule has 6 heteroatoms. The second-order valence-corrected chi connectivity index (χ2v) is 4.51. The summed E-state index contributed by atoms with van der Waals surface area (Å²) in [5.74, 6) is -0.291. The second kappa shape index (κ2) is 8.16. The molecule has 0 bridgehead atoms. The summed E-state index contributed by atoms with van der Waals surface area (Å²) in [7, 11) is 0. The van der Waals surface area contributed by atoms with E-state index in [9.17, 15) is 9.59 Å². The number of primary amides is 1. The zero-order chi connectivity index (χ0) is 15.0. The van der Waals surface area contributed by atoms with Gasteiger partial charge in [-0.2, -0.15) is 0 Å². The summed E-state index contributed by atoms with van der Waals surface area (Å²) in [6.45, 7) is 2.01. The normalized spacial score (nSPS) is 11.7. The predicted octanol–water partition coefficient (Wildman–Crippen LogP) is 0.997. The van der Waals surface area contributed by atoms with Crippen LogP contribution in [0.15, 0.2) is 24.3 Å². The Balaban J connectivity index is 2.64. The summed E-state index contributed by atoms with van der Waals surface area (Å²) < 4.78 is 0. The van der Waals surface area contributed by atoms with Gasteiger partial charge < -0.3 is 21.5 Å². The van der Waals surface area contributed by atoms with Crippen LogP contribution in [0.25, 0.3) is 0 Å². The van der Waals surface area contributed by atoms with Gasteiger partial charge in [-0.3, -0.25) is 4.79 Å². The fraction of sp³-hybridized carbons (Fsp3) is 0.429. The fourth-order valence-corrected chi connectivity index (χ4v) is 1.84. The number of nitrogens with two attached hydrogens (primary N) is 1. The largest absolute Gasteiger partial charge is 0.396 e. The van der Waals surface area contributed by atoms with Crippen LogP contribution < -0.4 is 16.4 Å². The Kier molecular flexibility index (Phi) is 6.52. The molecule has 0 radical (unpaired) electrons. The molecule has 5 N–H and O–H groups in total. The lowest BCUT2D eigenvalue weighted by Crippen LogP contribution is -2.46. The molecule has 0 saturated carbocycles. The van der Waals surface area contributed by atoms with E-state index in [1.165, 1.54) is 0 Å². The predicted molar refractivity (Wildman–Crippen MR) is 77.3 cm³/mol. The van der Waals surface area contributed by atoms with E-state index in [4.69, 9.17) is 10.8 Å². The molecule has 0 fully saturated rings. The van der Waals surface area contributed by atoms with Crippen molar-refractivity contribution < 1.29 is 14.7 Å². The Bertz CT molecular complexity index is 445. The van der Waals surface area contributed by atoms with Gasteiger partial charge >= 0.3 is 6.03 Å². The van der Waals surface area contributed by atoms with Crippen molar-refractivity contribution in [2.24, 2.45) is 5.73 Å². The first-order valence-electron chi connectivity index (χ1n) is 6.63. The highest BCUT2D eigenvalue weighted by atomic mass is 16.3. The third kappa shape index (κ3) is 5.27. The summed E-state index contributed by atoms with van der Waals surface area (Å²) in [6.07, 6.45) is 1.86. The molecule has 1 aromatic rings. The average molecular weight is 279 g/mol. The third-order valence-electron chi connectivity index (χ3n) is 2.83. The lowest BCUT2D eigenvalue weighted by molar-refractivity contribution is -0.118. The number of hydrogen-bond acceptors (Lipinski definition) is 3. The SMILES string of the molecule is CCC[C@H](NC(N)=O)C(=O)Nc1ccc(CCO)cc1. The van der Waals surface area contributed by atoms with Crippen LogP contribution in [-0.4, -0.2) is 29.7 Å². The van der Waals surface area contributed by atoms with Crippen molar-refractivity contribution in [2.45, 2.75) is 32.2 Å². The van der Waals surface area contributed by atoms with E-state index < -0.39 is 12.1 Å². The molecule has 6 nitrogen and oxygen atoms in total. The zero-order valence-corrected chi connectivity index (χ0v) is 11.6. The molecule has 0 aliphatic heterocycles. The Hall–Kier alpha value is -2.08. The second-order valence-electron chi connectivity index (χ2n) is 4.51. The molecule has 3 amide bonds. The lowest BCUT2D eigenvalue weighted by Gasteiger charge is -2.16. The van der Waals surface area contributed by atoms with Gasteiger partial charge in [0.25, 0.3) is 0 Å². The van der Waals surface area contributed by atoms with Gasteiger partial charge in [-0.1, -0.05) is 25.5 Å². The molecule has 1 aromatic carbocycles. The van der Waals surface area contributed by atoms with Crippen LogP contribution in [0.1, 0.15) is 25.3 Å². The van der Waals surface area contributed by atoms with Gasteiger partial charge in [0, 0.05) is 12.3 Å². The van der Waals surface area contributed by atoms with Crippen LogP contribution in [0.2, 0.25) is 0 Å². The first-order chi connectivity index (χ1) is 9.56. The molecule has 110 valence electrons. The van der Waals surface area contributed by atoms with Crippen molar-refractivity contribution in [3.8, 4) is 0 Å². The average Bonchev–Trinajstić information content (AvgIpc) is 2.40. The zero-order valence-electron chi connectivity index (χ0n) is 11.6. The minimum absolute atomic E-state index is 0.0901. The summed E-state index contributed by atoms with van der Waals surface area (Å²) >= 11 is 0. The van der Waals surface area contributed by atoms with Crippen molar-refractivity contribution in [1.82, 2.24) is 5.32 Å². The molecule has 0 aliphatic carbocycles. The van der Waals surface area contributed by atoms with Crippen molar-refractivity contribution in [2.75, 3.05) is 11.9 Å². The number of carbonyl (C=O) groups is 2. The smallest absolute Gasteiger partial charge is 0.312 e. The maximum absolute atomic E-state index is 12.0. The number of anilines is 1. The molecule has 1 atom stereocenters. The number of amides is 3. The highest BCUT2D eigenvalue weighted by Crippen LogP contribution is 2.11. The number of aliphatic hydroxyl groups is 1. The van der Waals surface area contributed by atoms with E-state index in [1.54, 1.807) is 12.1 Å². The molecule has 0 saturated heterocycles. The van der Waals surface area contributed by atoms with E-state index in [-0.39, 0.29) is 12.5 Å². The lowest BCUT2D eigenvalue weighted by atomic mass is 10.1. The monoisotopic (exact) mass is 279 g/mol. The van der Waals surface area contributed by atoms with Gasteiger partial charge in [0.1, 0.15) is 6.04 Å². The topological polar surface area (TPSA) is 104 Å². The molecule has 20 heavy (non-hydrogen) atoms. The highest BCUT2D eigenvalue weighted by Gasteiger charge is 2.18. The van der Waals surface area contributed by atoms with E-state index in [0.29, 0.717) is 18.5 Å². The number of benzene rings is 1. The van der Waals surface area contributed by atoms with Crippen molar-refractivity contribution in [3.05, 3.63) is 29.8 Å². The Morgan fingerprint density at radius 1 is 1.30 bits per heavy atom. The maximum atomic E-state index is 12.0. The van der Waals surface area contributed by atoms with E-state index >= 15 is 0 Å². The van der Waals surface area contributed by atoms with Crippen molar-refractivity contribution in [1.29, 1.82) is 0 Å². The van der Waals surface area contributed by atoms with Gasteiger partial charge in [0.15, 0.2) is 0 Å². The summed E-state index contributed by atoms with van der Waals surface area (Å²) in [6, 6.07) is 5.85. The summed E-state index contributed by atoms with van der Waals surface area (Å²) in [5, 5.41) is 14.0. The number of urea groups is 1. The molecule has 0 heterocycles. The van der Waals surface area contributed by atoms with Crippen LogP contribution in [0.4, 0.5) is 10.5 Å². The van der Waals surface area contributed by atoms with Crippen LogP contribution in [0, 0.1) is 0 Å². The third-order valence-corrected chi connectivity index (χ3v) is 2.83. The van der Waals surface area contributed by atoms with Gasteiger partial charge in [-0.25, -0.2) is 4.79 Å². The number of nitrogens with one attached hydrogen (secondary N) is 2. The van der Waals surface area contributed by atoms with E-state index in [1.807, 2.05) is 19.1 Å². The van der Waals surface area contributed by atoms with Crippen LogP contribution >= 0.6 is 0 Å². The maximum Gasteiger partial charge on any atom is 0.312 e. The first kappa shape index (κ1) is 16.0. The van der Waals surface area contributed by atoms with Crippen LogP contribution in [0.3, 0.4) is 0 Å². The quantitative estimate of drug-likeness (QED) is 0.598. The molecule has 0 aliphatic rings. The molecule has 0 unspecified atom stereocenters. The number of aliphatic hydroxyl groups excluding tert-OH is 1. The molecule has 0 aromatic heterocycles. The van der Waals surface area contributed by atoms with E-state index in [2.05, 4.69) is 10.6 Å². The molecular weight excluding hydrogens is 258 g/mol. The summed E-state index contributed by atoms with van der Waals surface area (Å²) in [5.41, 5.74) is 6.69. The number of rotatable bonds is 7. The first-order valence-corrected chi connectivity index (χ1v) is 6.63. The molecule has 0 spiro atoms. The number of carbonyl (C=O) groups excluding carboxylic acids is 2. The minimum atomic E-state index is -0.711. The van der Waals surface area contributed by atoms with Crippen LogP contribution in [0.5, 0.6) is 0 Å². The van der Waals surface area contributed by atoms with Gasteiger partial charge in [0.2, 0.25) is 5.91 Å². The molecular formula is C14H21N3O3. The minimum Gasteiger partial charge on any atom is -0.396 e. The van der Waals surface area contributed by atoms with E-state index in [0.717, 1.165) is 12.0 Å². The van der Waals surface area contributed by atoms with Crippen molar-refractivity contribution in [3.63, 3.8) is 0 Å². The standard InChI is InChI=1S/C14H21N3O3/c1-2-3-12(17-14(15)20)13(19)16-11-6-4-10(5-7-11)8-9-18/h4-7,12,18H,2-3,8-9H2,1H3,(H,16,19)(H3,15,17,20)/t12-/m0/s1.